The number of aromatic nitrogens is 1. The maximum atomic E-state index is 6.14. The summed E-state index contributed by atoms with van der Waals surface area (Å²) in [6, 6.07) is 0.357. The SMILES string of the molecule is CCC1CN(Cc2ncc(C(C)(C)C)o2)CCC1N. The molecule has 1 saturated heterocycles. The van der Waals surface area contributed by atoms with Gasteiger partial charge in [-0.1, -0.05) is 34.1 Å². The molecule has 19 heavy (non-hydrogen) atoms. The minimum atomic E-state index is 0.0292. The standard InChI is InChI=1S/C15H27N3O/c1-5-11-9-18(7-6-12(11)16)10-14-17-8-13(19-14)15(2,3)4/h8,11-12H,5-7,9-10,16H2,1-4H3. The lowest BCUT2D eigenvalue weighted by Crippen LogP contribution is -2.46. The van der Waals surface area contributed by atoms with Crippen LogP contribution in [0.4, 0.5) is 0 Å². The lowest BCUT2D eigenvalue weighted by Gasteiger charge is -2.35. The Labute approximate surface area is 116 Å². The van der Waals surface area contributed by atoms with Crippen molar-refractivity contribution in [1.29, 1.82) is 0 Å². The smallest absolute Gasteiger partial charge is 0.208 e. The van der Waals surface area contributed by atoms with Crippen LogP contribution in [0.2, 0.25) is 0 Å². The number of oxazole rings is 1. The van der Waals surface area contributed by atoms with Crippen molar-refractivity contribution < 1.29 is 4.42 Å². The van der Waals surface area contributed by atoms with Gasteiger partial charge >= 0.3 is 0 Å². The van der Waals surface area contributed by atoms with Crippen molar-refractivity contribution in [2.45, 2.75) is 58.5 Å². The number of hydrogen-bond donors (Lipinski definition) is 1. The molecule has 0 radical (unpaired) electrons. The highest BCUT2D eigenvalue weighted by Gasteiger charge is 2.26. The van der Waals surface area contributed by atoms with Crippen LogP contribution in [-0.4, -0.2) is 29.0 Å². The highest BCUT2D eigenvalue weighted by atomic mass is 16.4. The van der Waals surface area contributed by atoms with Gasteiger partial charge in [0.05, 0.1) is 12.7 Å². The molecule has 4 nitrogen and oxygen atoms in total. The summed E-state index contributed by atoms with van der Waals surface area (Å²) in [5, 5.41) is 0. The number of rotatable bonds is 3. The van der Waals surface area contributed by atoms with Gasteiger partial charge in [0.15, 0.2) is 0 Å². The Hall–Kier alpha value is -0.870. The van der Waals surface area contributed by atoms with Crippen LogP contribution < -0.4 is 5.73 Å². The molecule has 1 aromatic rings. The molecule has 0 aliphatic carbocycles. The van der Waals surface area contributed by atoms with E-state index < -0.39 is 0 Å². The molecule has 1 aromatic heterocycles. The van der Waals surface area contributed by atoms with Crippen LogP contribution in [0.25, 0.3) is 0 Å². The molecule has 0 spiro atoms. The predicted molar refractivity (Wildman–Crippen MR) is 76.9 cm³/mol. The third-order valence-corrected chi connectivity index (χ3v) is 4.05. The van der Waals surface area contributed by atoms with Crippen LogP contribution in [-0.2, 0) is 12.0 Å². The summed E-state index contributed by atoms with van der Waals surface area (Å²) in [6.45, 7) is 11.6. The van der Waals surface area contributed by atoms with E-state index in [9.17, 15) is 0 Å². The van der Waals surface area contributed by atoms with Crippen LogP contribution in [0.15, 0.2) is 10.6 Å². The zero-order valence-electron chi connectivity index (χ0n) is 12.6. The second kappa shape index (κ2) is 5.63. The van der Waals surface area contributed by atoms with Gasteiger partial charge in [-0.05, 0) is 12.3 Å². The van der Waals surface area contributed by atoms with Crippen LogP contribution in [0.1, 0.15) is 52.2 Å². The number of nitrogens with zero attached hydrogens (tertiary/aromatic N) is 2. The second-order valence-corrected chi connectivity index (χ2v) is 6.72. The van der Waals surface area contributed by atoms with E-state index in [0.717, 1.165) is 44.1 Å². The maximum absolute atomic E-state index is 6.14. The van der Waals surface area contributed by atoms with E-state index in [1.807, 2.05) is 6.20 Å². The molecular weight excluding hydrogens is 238 g/mol. The summed E-state index contributed by atoms with van der Waals surface area (Å²) in [5.74, 6) is 2.39. The van der Waals surface area contributed by atoms with Gasteiger partial charge in [0.2, 0.25) is 5.89 Å². The fraction of sp³-hybridized carbons (Fsp3) is 0.800. The third kappa shape index (κ3) is 3.57. The molecular formula is C15H27N3O. The molecule has 1 fully saturated rings. The summed E-state index contributed by atoms with van der Waals surface area (Å²) in [7, 11) is 0. The third-order valence-electron chi connectivity index (χ3n) is 4.05. The molecule has 2 atom stereocenters. The first kappa shape index (κ1) is 14.5. The van der Waals surface area contributed by atoms with E-state index in [1.54, 1.807) is 0 Å². The quantitative estimate of drug-likeness (QED) is 0.912. The van der Waals surface area contributed by atoms with Crippen molar-refractivity contribution in [2.75, 3.05) is 13.1 Å². The summed E-state index contributed by atoms with van der Waals surface area (Å²) in [4.78, 5) is 6.82. The largest absolute Gasteiger partial charge is 0.444 e. The number of hydrogen-bond acceptors (Lipinski definition) is 4. The molecule has 0 saturated carbocycles. The molecule has 2 N–H and O–H groups in total. The van der Waals surface area contributed by atoms with Crippen molar-refractivity contribution in [1.82, 2.24) is 9.88 Å². The summed E-state index contributed by atoms with van der Waals surface area (Å²) >= 11 is 0. The van der Waals surface area contributed by atoms with E-state index in [0.29, 0.717) is 12.0 Å². The van der Waals surface area contributed by atoms with E-state index in [-0.39, 0.29) is 5.41 Å². The molecule has 4 heteroatoms. The van der Waals surface area contributed by atoms with Gasteiger partial charge in [0.25, 0.3) is 0 Å². The summed E-state index contributed by atoms with van der Waals surface area (Å²) < 4.78 is 5.86. The summed E-state index contributed by atoms with van der Waals surface area (Å²) in [6.07, 6.45) is 4.09. The summed E-state index contributed by atoms with van der Waals surface area (Å²) in [5.41, 5.74) is 6.17. The Morgan fingerprint density at radius 2 is 2.21 bits per heavy atom. The van der Waals surface area contributed by atoms with Crippen LogP contribution in [0.3, 0.4) is 0 Å². The van der Waals surface area contributed by atoms with Crippen LogP contribution in [0, 0.1) is 5.92 Å². The first-order chi connectivity index (χ1) is 8.90. The van der Waals surface area contributed by atoms with E-state index in [4.69, 9.17) is 10.2 Å². The monoisotopic (exact) mass is 265 g/mol. The van der Waals surface area contributed by atoms with Crippen LogP contribution >= 0.6 is 0 Å². The maximum Gasteiger partial charge on any atom is 0.208 e. The van der Waals surface area contributed by atoms with Gasteiger partial charge in [-0.2, -0.15) is 0 Å². The lowest BCUT2D eigenvalue weighted by molar-refractivity contribution is 0.133. The zero-order chi connectivity index (χ0) is 14.0. The number of likely N-dealkylation sites (tertiary alicyclic amines) is 1. The van der Waals surface area contributed by atoms with Crippen LogP contribution in [0.5, 0.6) is 0 Å². The Bertz CT molecular complexity index is 408. The molecule has 1 aliphatic rings. The fourth-order valence-electron chi connectivity index (χ4n) is 2.62. The van der Waals surface area contributed by atoms with Gasteiger partial charge < -0.3 is 10.2 Å². The molecule has 2 heterocycles. The van der Waals surface area contributed by atoms with Gasteiger partial charge in [-0.3, -0.25) is 4.90 Å². The topological polar surface area (TPSA) is 55.3 Å². The minimum Gasteiger partial charge on any atom is -0.444 e. The van der Waals surface area contributed by atoms with Gasteiger partial charge in [0.1, 0.15) is 5.76 Å². The van der Waals surface area contributed by atoms with Gasteiger partial charge in [-0.25, -0.2) is 4.98 Å². The normalized spacial score (nSPS) is 25.7. The number of nitrogens with two attached hydrogens (primary N) is 1. The zero-order valence-corrected chi connectivity index (χ0v) is 12.6. The lowest BCUT2D eigenvalue weighted by atomic mass is 9.91. The number of piperidine rings is 1. The Balaban J connectivity index is 1.96. The molecule has 108 valence electrons. The highest BCUT2D eigenvalue weighted by Crippen LogP contribution is 2.24. The van der Waals surface area contributed by atoms with Crippen molar-refractivity contribution in [3.05, 3.63) is 17.8 Å². The predicted octanol–water partition coefficient (Wildman–Crippen LogP) is 2.53. The van der Waals surface area contributed by atoms with Crippen molar-refractivity contribution in [3.63, 3.8) is 0 Å². The Morgan fingerprint density at radius 1 is 1.47 bits per heavy atom. The molecule has 2 rings (SSSR count). The van der Waals surface area contributed by atoms with Crippen molar-refractivity contribution in [2.24, 2.45) is 11.7 Å². The minimum absolute atomic E-state index is 0.0292. The van der Waals surface area contributed by atoms with Gasteiger partial charge in [-0.15, -0.1) is 0 Å². The van der Waals surface area contributed by atoms with E-state index >= 15 is 0 Å². The molecule has 0 amide bonds. The first-order valence-corrected chi connectivity index (χ1v) is 7.33. The molecule has 1 aliphatic heterocycles. The molecule has 0 aromatic carbocycles. The first-order valence-electron chi connectivity index (χ1n) is 7.33. The average molecular weight is 265 g/mol. The molecule has 0 bridgehead atoms. The van der Waals surface area contributed by atoms with Gasteiger partial charge in [0, 0.05) is 24.5 Å². The van der Waals surface area contributed by atoms with Crippen molar-refractivity contribution >= 4 is 0 Å². The second-order valence-electron chi connectivity index (χ2n) is 6.72. The Kier molecular flexibility index (Phi) is 4.31. The van der Waals surface area contributed by atoms with E-state index in [1.165, 1.54) is 0 Å². The fourth-order valence-corrected chi connectivity index (χ4v) is 2.62. The van der Waals surface area contributed by atoms with Crippen molar-refractivity contribution in [3.8, 4) is 0 Å². The Morgan fingerprint density at radius 3 is 2.79 bits per heavy atom. The average Bonchev–Trinajstić information content (AvgIpc) is 2.80. The highest BCUT2D eigenvalue weighted by molar-refractivity contribution is 5.06. The molecule has 2 unspecified atom stereocenters. The van der Waals surface area contributed by atoms with E-state index in [2.05, 4.69) is 37.6 Å².